The van der Waals surface area contributed by atoms with E-state index in [4.69, 9.17) is 4.74 Å². The number of aliphatic hydroxyl groups excluding tert-OH is 1. The van der Waals surface area contributed by atoms with Crippen LogP contribution < -0.4 is 4.74 Å². The van der Waals surface area contributed by atoms with Crippen molar-refractivity contribution in [1.82, 2.24) is 0 Å². The molecular formula is C14H20O2. The van der Waals surface area contributed by atoms with E-state index in [0.29, 0.717) is 12.3 Å². The summed E-state index contributed by atoms with van der Waals surface area (Å²) < 4.78 is 6.05. The molecule has 1 aromatic carbocycles. The SMILES string of the molecule is Cc1ccc2c(c1)C(O)CC(C)(C(C)C)O2. The molecule has 0 bridgehead atoms. The molecule has 0 aliphatic carbocycles. The molecule has 0 spiro atoms. The van der Waals surface area contributed by atoms with Crippen molar-refractivity contribution in [2.45, 2.75) is 45.8 Å². The van der Waals surface area contributed by atoms with Crippen LogP contribution in [0.15, 0.2) is 18.2 Å². The molecule has 0 aromatic heterocycles. The fraction of sp³-hybridized carbons (Fsp3) is 0.571. The van der Waals surface area contributed by atoms with Crippen LogP contribution >= 0.6 is 0 Å². The molecule has 2 nitrogen and oxygen atoms in total. The molecule has 2 rings (SSSR count). The van der Waals surface area contributed by atoms with Crippen LogP contribution in [0.4, 0.5) is 0 Å². The first-order valence-electron chi connectivity index (χ1n) is 5.90. The van der Waals surface area contributed by atoms with E-state index >= 15 is 0 Å². The maximum atomic E-state index is 10.2. The molecule has 1 aromatic rings. The predicted molar refractivity (Wildman–Crippen MR) is 64.6 cm³/mol. The quantitative estimate of drug-likeness (QED) is 0.787. The highest BCUT2D eigenvalue weighted by molar-refractivity contribution is 5.40. The summed E-state index contributed by atoms with van der Waals surface area (Å²) >= 11 is 0. The Morgan fingerprint density at radius 1 is 1.44 bits per heavy atom. The summed E-state index contributed by atoms with van der Waals surface area (Å²) in [4.78, 5) is 0. The molecule has 0 radical (unpaired) electrons. The Bertz CT molecular complexity index is 398. The Morgan fingerprint density at radius 2 is 2.12 bits per heavy atom. The zero-order valence-corrected chi connectivity index (χ0v) is 10.4. The molecule has 1 aliphatic rings. The second-order valence-electron chi connectivity index (χ2n) is 5.33. The van der Waals surface area contributed by atoms with Gasteiger partial charge in [-0.3, -0.25) is 0 Å². The minimum Gasteiger partial charge on any atom is -0.487 e. The van der Waals surface area contributed by atoms with E-state index in [0.717, 1.165) is 16.9 Å². The summed E-state index contributed by atoms with van der Waals surface area (Å²) in [5, 5.41) is 10.2. The minimum absolute atomic E-state index is 0.262. The lowest BCUT2D eigenvalue weighted by Gasteiger charge is -2.41. The van der Waals surface area contributed by atoms with Crippen LogP contribution in [0, 0.1) is 12.8 Å². The Balaban J connectivity index is 2.40. The summed E-state index contributed by atoms with van der Waals surface area (Å²) in [6, 6.07) is 6.01. The first-order valence-corrected chi connectivity index (χ1v) is 5.90. The first kappa shape index (κ1) is 11.5. The zero-order valence-electron chi connectivity index (χ0n) is 10.4. The molecular weight excluding hydrogens is 200 g/mol. The summed E-state index contributed by atoms with van der Waals surface area (Å²) in [5.74, 6) is 1.22. The topological polar surface area (TPSA) is 29.5 Å². The van der Waals surface area contributed by atoms with Crippen molar-refractivity contribution in [1.29, 1.82) is 0 Å². The molecule has 0 saturated carbocycles. The second kappa shape index (κ2) is 3.77. The molecule has 0 fully saturated rings. The number of benzene rings is 1. The van der Waals surface area contributed by atoms with Crippen molar-refractivity contribution >= 4 is 0 Å². The maximum absolute atomic E-state index is 10.2. The zero-order chi connectivity index (χ0) is 11.9. The van der Waals surface area contributed by atoms with Crippen molar-refractivity contribution in [3.8, 4) is 5.75 Å². The number of hydrogen-bond acceptors (Lipinski definition) is 2. The van der Waals surface area contributed by atoms with Crippen molar-refractivity contribution in [2.24, 2.45) is 5.92 Å². The van der Waals surface area contributed by atoms with Gasteiger partial charge in [-0.25, -0.2) is 0 Å². The number of fused-ring (bicyclic) bond motifs is 1. The van der Waals surface area contributed by atoms with Gasteiger partial charge in [-0.15, -0.1) is 0 Å². The lowest BCUT2D eigenvalue weighted by Crippen LogP contribution is -2.42. The fourth-order valence-electron chi connectivity index (χ4n) is 2.16. The van der Waals surface area contributed by atoms with Gasteiger partial charge in [-0.2, -0.15) is 0 Å². The molecule has 1 aliphatic heterocycles. The van der Waals surface area contributed by atoms with E-state index in [9.17, 15) is 5.11 Å². The third kappa shape index (κ3) is 1.82. The van der Waals surface area contributed by atoms with E-state index in [2.05, 4.69) is 20.8 Å². The molecule has 0 amide bonds. The highest BCUT2D eigenvalue weighted by atomic mass is 16.5. The monoisotopic (exact) mass is 220 g/mol. The van der Waals surface area contributed by atoms with Crippen LogP contribution in [0.5, 0.6) is 5.75 Å². The Kier molecular flexibility index (Phi) is 2.70. The summed E-state index contributed by atoms with van der Waals surface area (Å²) in [6.45, 7) is 8.37. The van der Waals surface area contributed by atoms with E-state index in [-0.39, 0.29) is 5.60 Å². The highest BCUT2D eigenvalue weighted by Crippen LogP contribution is 2.42. The summed E-state index contributed by atoms with van der Waals surface area (Å²) in [6.07, 6.45) is 0.261. The molecule has 88 valence electrons. The Labute approximate surface area is 97.3 Å². The molecule has 2 atom stereocenters. The first-order chi connectivity index (χ1) is 7.42. The molecule has 0 saturated heterocycles. The average molecular weight is 220 g/mol. The van der Waals surface area contributed by atoms with Gasteiger partial charge in [-0.1, -0.05) is 25.5 Å². The van der Waals surface area contributed by atoms with Crippen molar-refractivity contribution < 1.29 is 9.84 Å². The van der Waals surface area contributed by atoms with Gasteiger partial charge in [0.15, 0.2) is 0 Å². The highest BCUT2D eigenvalue weighted by Gasteiger charge is 2.38. The molecule has 16 heavy (non-hydrogen) atoms. The van der Waals surface area contributed by atoms with E-state index in [1.165, 1.54) is 0 Å². The normalized spacial score (nSPS) is 28.8. The summed E-state index contributed by atoms with van der Waals surface area (Å²) in [7, 11) is 0. The van der Waals surface area contributed by atoms with Crippen LogP contribution in [-0.2, 0) is 0 Å². The molecule has 1 N–H and O–H groups in total. The van der Waals surface area contributed by atoms with Crippen molar-refractivity contribution in [3.63, 3.8) is 0 Å². The van der Waals surface area contributed by atoms with Gasteiger partial charge in [0.05, 0.1) is 6.10 Å². The largest absolute Gasteiger partial charge is 0.487 e. The number of ether oxygens (including phenoxy) is 1. The second-order valence-corrected chi connectivity index (χ2v) is 5.33. The maximum Gasteiger partial charge on any atom is 0.125 e. The smallest absolute Gasteiger partial charge is 0.125 e. The number of hydrogen-bond donors (Lipinski definition) is 1. The van der Waals surface area contributed by atoms with E-state index in [1.807, 2.05) is 25.1 Å². The Hall–Kier alpha value is -1.02. The van der Waals surface area contributed by atoms with Crippen LogP contribution in [0.25, 0.3) is 0 Å². The van der Waals surface area contributed by atoms with Crippen LogP contribution in [0.1, 0.15) is 44.4 Å². The summed E-state index contributed by atoms with van der Waals surface area (Å²) in [5.41, 5.74) is 1.83. The lowest BCUT2D eigenvalue weighted by molar-refractivity contribution is -0.0322. The molecule has 2 heteroatoms. The number of rotatable bonds is 1. The van der Waals surface area contributed by atoms with E-state index < -0.39 is 6.10 Å². The van der Waals surface area contributed by atoms with Gasteiger partial charge < -0.3 is 9.84 Å². The van der Waals surface area contributed by atoms with Gasteiger partial charge in [0.25, 0.3) is 0 Å². The standard InChI is InChI=1S/C14H20O2/c1-9(2)14(4)8-12(15)11-7-10(3)5-6-13(11)16-14/h5-7,9,12,15H,8H2,1-4H3. The van der Waals surface area contributed by atoms with E-state index in [1.54, 1.807) is 0 Å². The van der Waals surface area contributed by atoms with Crippen molar-refractivity contribution in [3.05, 3.63) is 29.3 Å². The Morgan fingerprint density at radius 3 is 2.75 bits per heavy atom. The van der Waals surface area contributed by atoms with Gasteiger partial charge in [0.2, 0.25) is 0 Å². The van der Waals surface area contributed by atoms with Crippen LogP contribution in [-0.4, -0.2) is 10.7 Å². The lowest BCUT2D eigenvalue weighted by atomic mass is 9.82. The fourth-order valence-corrected chi connectivity index (χ4v) is 2.16. The average Bonchev–Trinajstić information content (AvgIpc) is 2.19. The van der Waals surface area contributed by atoms with Gasteiger partial charge in [0, 0.05) is 12.0 Å². The van der Waals surface area contributed by atoms with Gasteiger partial charge in [-0.05, 0) is 31.9 Å². The predicted octanol–water partition coefficient (Wildman–Crippen LogP) is 3.23. The van der Waals surface area contributed by atoms with Crippen LogP contribution in [0.2, 0.25) is 0 Å². The third-order valence-corrected chi connectivity index (χ3v) is 3.69. The molecule has 2 unspecified atom stereocenters. The minimum atomic E-state index is -0.406. The molecule has 1 heterocycles. The number of aliphatic hydroxyl groups is 1. The van der Waals surface area contributed by atoms with Crippen molar-refractivity contribution in [2.75, 3.05) is 0 Å². The van der Waals surface area contributed by atoms with Gasteiger partial charge >= 0.3 is 0 Å². The van der Waals surface area contributed by atoms with Gasteiger partial charge in [0.1, 0.15) is 11.4 Å². The third-order valence-electron chi connectivity index (χ3n) is 3.69. The number of aryl methyl sites for hydroxylation is 1. The van der Waals surface area contributed by atoms with Crippen LogP contribution in [0.3, 0.4) is 0 Å².